The number of ether oxygens (including phenoxy) is 1. The van der Waals surface area contributed by atoms with Gasteiger partial charge in [-0.25, -0.2) is 9.18 Å². The van der Waals surface area contributed by atoms with Gasteiger partial charge in [0.2, 0.25) is 0 Å². The number of nitriles is 1. The number of aromatic amines is 1. The molecule has 7 nitrogen and oxygen atoms in total. The summed E-state index contributed by atoms with van der Waals surface area (Å²) in [5.74, 6) is -1.38. The predicted octanol–water partition coefficient (Wildman–Crippen LogP) is 5.57. The number of halogens is 1. The summed E-state index contributed by atoms with van der Waals surface area (Å²) in [6.07, 6.45) is 3.39. The van der Waals surface area contributed by atoms with Crippen LogP contribution < -0.4 is 0 Å². The first-order chi connectivity index (χ1) is 16.7. The zero-order valence-corrected chi connectivity index (χ0v) is 19.9. The summed E-state index contributed by atoms with van der Waals surface area (Å²) < 4.78 is 21.5. The minimum absolute atomic E-state index is 0.0939. The number of carboxylic acids is 1. The Morgan fingerprint density at radius 2 is 2.11 bits per heavy atom. The van der Waals surface area contributed by atoms with E-state index in [1.54, 1.807) is 18.3 Å². The van der Waals surface area contributed by atoms with E-state index in [1.165, 1.54) is 19.2 Å². The van der Waals surface area contributed by atoms with E-state index >= 15 is 0 Å². The first-order valence-electron chi connectivity index (χ1n) is 11.6. The number of aromatic nitrogens is 3. The lowest BCUT2D eigenvalue weighted by molar-refractivity contribution is -0.161. The zero-order valence-electron chi connectivity index (χ0n) is 19.9. The van der Waals surface area contributed by atoms with Crippen molar-refractivity contribution in [2.45, 2.75) is 56.5 Å². The second kappa shape index (κ2) is 8.21. The molecule has 1 aliphatic rings. The van der Waals surface area contributed by atoms with Crippen LogP contribution in [0.25, 0.3) is 27.5 Å². The smallest absolute Gasteiger partial charge is 0.335 e. The Hall–Kier alpha value is -3.70. The van der Waals surface area contributed by atoms with Gasteiger partial charge in [-0.3, -0.25) is 5.10 Å². The molecule has 5 rings (SSSR count). The van der Waals surface area contributed by atoms with Crippen molar-refractivity contribution in [1.29, 1.82) is 5.26 Å². The molecule has 35 heavy (non-hydrogen) atoms. The number of carbonyl (C=O) groups is 1. The van der Waals surface area contributed by atoms with Gasteiger partial charge in [0.15, 0.2) is 5.60 Å². The number of fused-ring (bicyclic) bond motifs is 2. The standard InChI is InChI=1S/C27H27FN4O3/c1-26(2,10-11-29)24-23(16-8-9-27(14-16,35-3)25(33)34)20-13-21-17(15-30-31-21)12-22(20)32(24)19-6-4-18(28)5-7-19/h4-7,12-13,15-16H,8-10,14H2,1-3H3,(H,30,31)(H,33,34)/t16-,27+/m1/s1. The van der Waals surface area contributed by atoms with Crippen molar-refractivity contribution in [2.75, 3.05) is 7.11 Å². The van der Waals surface area contributed by atoms with E-state index in [1.807, 2.05) is 26.0 Å². The molecule has 2 atom stereocenters. The number of methoxy groups -OCH3 is 1. The van der Waals surface area contributed by atoms with Gasteiger partial charge < -0.3 is 14.4 Å². The second-order valence-corrected chi connectivity index (χ2v) is 10.1. The van der Waals surface area contributed by atoms with Crippen LogP contribution in [0.15, 0.2) is 42.6 Å². The fourth-order valence-electron chi connectivity index (χ4n) is 5.69. The largest absolute Gasteiger partial charge is 0.479 e. The third kappa shape index (κ3) is 3.58. The molecule has 0 saturated heterocycles. The number of aliphatic carboxylic acids is 1. The summed E-state index contributed by atoms with van der Waals surface area (Å²) in [7, 11) is 1.45. The summed E-state index contributed by atoms with van der Waals surface area (Å²) >= 11 is 0. The first kappa shape index (κ1) is 23.1. The van der Waals surface area contributed by atoms with Crippen LogP contribution in [0.5, 0.6) is 0 Å². The van der Waals surface area contributed by atoms with E-state index in [2.05, 4.69) is 20.8 Å². The Morgan fingerprint density at radius 1 is 1.37 bits per heavy atom. The SMILES string of the molecule is CO[C@@]1(C(=O)O)CC[C@@H](c2c(C(C)(C)CC#N)n(-c3ccc(F)cc3)c3cc4cn[nH]c4cc23)C1. The highest BCUT2D eigenvalue weighted by atomic mass is 19.1. The molecule has 0 unspecified atom stereocenters. The highest BCUT2D eigenvalue weighted by Crippen LogP contribution is 2.50. The molecule has 1 fully saturated rings. The van der Waals surface area contributed by atoms with Crippen molar-refractivity contribution in [3.63, 3.8) is 0 Å². The quantitative estimate of drug-likeness (QED) is 0.380. The molecular formula is C27H27FN4O3. The van der Waals surface area contributed by atoms with Gasteiger partial charge in [-0.05, 0) is 67.1 Å². The van der Waals surface area contributed by atoms with Crippen LogP contribution in [0.4, 0.5) is 4.39 Å². The summed E-state index contributed by atoms with van der Waals surface area (Å²) in [6, 6.07) is 12.7. The minimum atomic E-state index is -1.25. The highest BCUT2D eigenvalue weighted by Gasteiger charge is 2.48. The van der Waals surface area contributed by atoms with E-state index in [0.717, 1.165) is 38.8 Å². The molecule has 0 aliphatic heterocycles. The maximum atomic E-state index is 13.9. The first-order valence-corrected chi connectivity index (χ1v) is 11.6. The Bertz CT molecular complexity index is 1480. The lowest BCUT2D eigenvalue weighted by atomic mass is 9.79. The Kier molecular flexibility index (Phi) is 5.41. The maximum Gasteiger partial charge on any atom is 0.335 e. The third-order valence-corrected chi connectivity index (χ3v) is 7.47. The normalized spacial score (nSPS) is 20.5. The van der Waals surface area contributed by atoms with E-state index in [0.29, 0.717) is 19.3 Å². The fraction of sp³-hybridized carbons (Fsp3) is 0.370. The van der Waals surface area contributed by atoms with E-state index in [9.17, 15) is 19.6 Å². The lowest BCUT2D eigenvalue weighted by Crippen LogP contribution is -2.37. The molecule has 0 spiro atoms. The Labute approximate surface area is 202 Å². The van der Waals surface area contributed by atoms with Crippen LogP contribution in [0, 0.1) is 17.1 Å². The van der Waals surface area contributed by atoms with E-state index in [-0.39, 0.29) is 18.2 Å². The molecule has 1 saturated carbocycles. The zero-order chi connectivity index (χ0) is 25.0. The molecular weight excluding hydrogens is 447 g/mol. The van der Waals surface area contributed by atoms with Crippen LogP contribution in [-0.4, -0.2) is 38.6 Å². The molecule has 8 heteroatoms. The molecule has 2 aromatic heterocycles. The van der Waals surface area contributed by atoms with Crippen LogP contribution in [0.2, 0.25) is 0 Å². The lowest BCUT2D eigenvalue weighted by Gasteiger charge is -2.29. The van der Waals surface area contributed by atoms with Crippen molar-refractivity contribution in [1.82, 2.24) is 14.8 Å². The monoisotopic (exact) mass is 474 g/mol. The Balaban J connectivity index is 1.87. The molecule has 0 amide bonds. The summed E-state index contributed by atoms with van der Waals surface area (Å²) in [5, 5.41) is 28.8. The molecule has 4 aromatic rings. The predicted molar refractivity (Wildman–Crippen MR) is 130 cm³/mol. The summed E-state index contributed by atoms with van der Waals surface area (Å²) in [4.78, 5) is 12.2. The van der Waals surface area contributed by atoms with Gasteiger partial charge in [0.1, 0.15) is 5.82 Å². The second-order valence-electron chi connectivity index (χ2n) is 10.1. The van der Waals surface area contributed by atoms with Gasteiger partial charge in [0.05, 0.1) is 23.3 Å². The maximum absolute atomic E-state index is 13.9. The number of nitrogens with zero attached hydrogens (tertiary/aromatic N) is 3. The topological polar surface area (TPSA) is 104 Å². The van der Waals surface area contributed by atoms with Gasteiger partial charge in [-0.2, -0.15) is 10.4 Å². The minimum Gasteiger partial charge on any atom is -0.479 e. The number of benzene rings is 2. The molecule has 2 heterocycles. The average molecular weight is 475 g/mol. The molecule has 2 aromatic carbocycles. The number of H-pyrrole nitrogens is 1. The third-order valence-electron chi connectivity index (χ3n) is 7.47. The summed E-state index contributed by atoms with van der Waals surface area (Å²) in [5.41, 5.74) is 2.69. The number of nitrogens with one attached hydrogen (secondary N) is 1. The molecule has 0 bridgehead atoms. The van der Waals surface area contributed by atoms with E-state index in [4.69, 9.17) is 4.74 Å². The van der Waals surface area contributed by atoms with Crippen LogP contribution in [0.1, 0.15) is 56.7 Å². The van der Waals surface area contributed by atoms with Crippen LogP contribution in [0.3, 0.4) is 0 Å². The van der Waals surface area contributed by atoms with Crippen LogP contribution >= 0.6 is 0 Å². The van der Waals surface area contributed by atoms with Crippen molar-refractivity contribution in [3.05, 3.63) is 59.7 Å². The molecule has 1 aliphatic carbocycles. The van der Waals surface area contributed by atoms with Gasteiger partial charge in [0, 0.05) is 41.1 Å². The number of rotatable bonds is 6. The molecule has 180 valence electrons. The Morgan fingerprint density at radius 3 is 2.74 bits per heavy atom. The van der Waals surface area contributed by atoms with Crippen molar-refractivity contribution in [2.24, 2.45) is 0 Å². The molecule has 0 radical (unpaired) electrons. The van der Waals surface area contributed by atoms with Gasteiger partial charge in [0.25, 0.3) is 0 Å². The van der Waals surface area contributed by atoms with Crippen molar-refractivity contribution < 1.29 is 19.0 Å². The van der Waals surface area contributed by atoms with Crippen LogP contribution in [-0.2, 0) is 14.9 Å². The highest BCUT2D eigenvalue weighted by molar-refractivity contribution is 5.99. The van der Waals surface area contributed by atoms with Gasteiger partial charge in [-0.15, -0.1) is 0 Å². The number of hydrogen-bond donors (Lipinski definition) is 2. The van der Waals surface area contributed by atoms with Crippen molar-refractivity contribution in [3.8, 4) is 11.8 Å². The van der Waals surface area contributed by atoms with Crippen molar-refractivity contribution >= 4 is 27.8 Å². The number of hydrogen-bond acceptors (Lipinski definition) is 4. The van der Waals surface area contributed by atoms with Gasteiger partial charge in [-0.1, -0.05) is 13.8 Å². The fourth-order valence-corrected chi connectivity index (χ4v) is 5.69. The average Bonchev–Trinajstić information content (AvgIpc) is 3.53. The van der Waals surface area contributed by atoms with E-state index < -0.39 is 17.0 Å². The number of carboxylic acid groups (broad SMARTS) is 1. The molecule has 2 N–H and O–H groups in total. The summed E-state index contributed by atoms with van der Waals surface area (Å²) in [6.45, 7) is 4.05. The van der Waals surface area contributed by atoms with Gasteiger partial charge >= 0.3 is 5.97 Å².